The highest BCUT2D eigenvalue weighted by Crippen LogP contribution is 2.10. The van der Waals surface area contributed by atoms with Gasteiger partial charge in [0.1, 0.15) is 6.04 Å². The first-order chi connectivity index (χ1) is 6.19. The number of oxime groups is 1. The fraction of sp³-hybridized carbons (Fsp3) is 0.500. The second-order valence-electron chi connectivity index (χ2n) is 2.89. The van der Waals surface area contributed by atoms with Crippen molar-refractivity contribution in [3.63, 3.8) is 0 Å². The Balaban J connectivity index is 2.90. The van der Waals surface area contributed by atoms with Crippen LogP contribution in [0.5, 0.6) is 0 Å². The molecule has 0 saturated heterocycles. The first-order valence-corrected chi connectivity index (χ1v) is 4.18. The third-order valence-corrected chi connectivity index (χ3v) is 1.90. The molecule has 5 heteroatoms. The van der Waals surface area contributed by atoms with E-state index in [2.05, 4.69) is 10.3 Å². The third-order valence-electron chi connectivity index (χ3n) is 1.90. The Kier molecular flexibility index (Phi) is 2.89. The van der Waals surface area contributed by atoms with Crippen LogP contribution in [0.3, 0.4) is 0 Å². The predicted molar refractivity (Wildman–Crippen MR) is 49.7 cm³/mol. The molecule has 1 atom stereocenters. The lowest BCUT2D eigenvalue weighted by Crippen LogP contribution is -2.26. The fourth-order valence-electron chi connectivity index (χ4n) is 1.20. The van der Waals surface area contributed by atoms with Crippen LogP contribution >= 0.6 is 0 Å². The molecule has 1 heterocycles. The monoisotopic (exact) mass is 182 g/mol. The maximum absolute atomic E-state index is 8.53. The molecule has 0 saturated carbocycles. The Bertz CT molecular complexity index is 305. The maximum Gasteiger partial charge on any atom is 0.164 e. The molecule has 1 aromatic heterocycles. The highest BCUT2D eigenvalue weighted by atomic mass is 16.4. The summed E-state index contributed by atoms with van der Waals surface area (Å²) in [7, 11) is 0. The quantitative estimate of drug-likeness (QED) is 0.315. The summed E-state index contributed by atoms with van der Waals surface area (Å²) in [5.41, 5.74) is 6.43. The van der Waals surface area contributed by atoms with Crippen LogP contribution in [0.1, 0.15) is 25.1 Å². The number of nitrogens with two attached hydrogens (primary N) is 1. The lowest BCUT2D eigenvalue weighted by atomic mass is 10.2. The molecule has 5 nitrogen and oxygen atoms in total. The van der Waals surface area contributed by atoms with Gasteiger partial charge in [0.15, 0.2) is 5.84 Å². The van der Waals surface area contributed by atoms with E-state index in [-0.39, 0.29) is 11.9 Å². The highest BCUT2D eigenvalue weighted by Gasteiger charge is 2.13. The summed E-state index contributed by atoms with van der Waals surface area (Å²) in [5, 5.41) is 15.7. The summed E-state index contributed by atoms with van der Waals surface area (Å²) >= 11 is 0. The third kappa shape index (κ3) is 1.99. The van der Waals surface area contributed by atoms with Crippen molar-refractivity contribution in [2.75, 3.05) is 0 Å². The van der Waals surface area contributed by atoms with Crippen LogP contribution in [-0.4, -0.2) is 20.8 Å². The number of rotatable bonds is 3. The van der Waals surface area contributed by atoms with Crippen molar-refractivity contribution in [3.8, 4) is 0 Å². The van der Waals surface area contributed by atoms with Gasteiger partial charge < -0.3 is 10.9 Å². The molecule has 1 aromatic rings. The summed E-state index contributed by atoms with van der Waals surface area (Å²) in [6.45, 7) is 3.86. The van der Waals surface area contributed by atoms with Crippen molar-refractivity contribution in [2.45, 2.75) is 26.3 Å². The molecule has 0 aliphatic rings. The van der Waals surface area contributed by atoms with Gasteiger partial charge in [-0.15, -0.1) is 0 Å². The Morgan fingerprint density at radius 1 is 1.85 bits per heavy atom. The van der Waals surface area contributed by atoms with Crippen molar-refractivity contribution in [1.82, 2.24) is 9.78 Å². The van der Waals surface area contributed by atoms with Gasteiger partial charge in [-0.2, -0.15) is 5.10 Å². The number of hydrogen-bond acceptors (Lipinski definition) is 3. The molecule has 1 unspecified atom stereocenters. The molecular formula is C8H14N4O. The number of aryl methyl sites for hydroxylation is 1. The lowest BCUT2D eigenvalue weighted by molar-refractivity contribution is 0.312. The second kappa shape index (κ2) is 3.93. The van der Waals surface area contributed by atoms with Gasteiger partial charge >= 0.3 is 0 Å². The first-order valence-electron chi connectivity index (χ1n) is 4.18. The molecule has 0 aliphatic heterocycles. The molecule has 1 rings (SSSR count). The van der Waals surface area contributed by atoms with Crippen molar-refractivity contribution < 1.29 is 5.21 Å². The summed E-state index contributed by atoms with van der Waals surface area (Å²) in [5.74, 6) is 0.186. The van der Waals surface area contributed by atoms with E-state index in [0.717, 1.165) is 12.1 Å². The molecule has 0 bridgehead atoms. The van der Waals surface area contributed by atoms with Gasteiger partial charge in [0, 0.05) is 6.20 Å². The Labute approximate surface area is 76.8 Å². The van der Waals surface area contributed by atoms with E-state index in [9.17, 15) is 0 Å². The first kappa shape index (κ1) is 9.57. The molecule has 72 valence electrons. The molecule has 0 radical (unpaired) electrons. The van der Waals surface area contributed by atoms with Gasteiger partial charge in [0.25, 0.3) is 0 Å². The number of amidine groups is 1. The minimum Gasteiger partial charge on any atom is -0.409 e. The minimum absolute atomic E-state index is 0.154. The van der Waals surface area contributed by atoms with E-state index in [1.165, 1.54) is 0 Å². The van der Waals surface area contributed by atoms with E-state index in [1.807, 2.05) is 26.1 Å². The summed E-state index contributed by atoms with van der Waals surface area (Å²) < 4.78 is 1.70. The fourth-order valence-corrected chi connectivity index (χ4v) is 1.20. The van der Waals surface area contributed by atoms with E-state index in [1.54, 1.807) is 4.68 Å². The Morgan fingerprint density at radius 3 is 2.92 bits per heavy atom. The smallest absolute Gasteiger partial charge is 0.164 e. The summed E-state index contributed by atoms with van der Waals surface area (Å²) in [4.78, 5) is 0. The van der Waals surface area contributed by atoms with Crippen LogP contribution in [0.2, 0.25) is 0 Å². The van der Waals surface area contributed by atoms with Gasteiger partial charge in [0.2, 0.25) is 0 Å². The van der Waals surface area contributed by atoms with E-state index < -0.39 is 0 Å². The van der Waals surface area contributed by atoms with Gasteiger partial charge in [-0.25, -0.2) is 0 Å². The zero-order valence-corrected chi connectivity index (χ0v) is 7.81. The molecule has 0 aliphatic carbocycles. The molecule has 0 spiro atoms. The Hall–Kier alpha value is -1.52. The zero-order valence-electron chi connectivity index (χ0n) is 7.81. The zero-order chi connectivity index (χ0) is 9.84. The molecule has 13 heavy (non-hydrogen) atoms. The number of hydrogen-bond donors (Lipinski definition) is 2. The van der Waals surface area contributed by atoms with Gasteiger partial charge in [-0.05, 0) is 19.4 Å². The van der Waals surface area contributed by atoms with Crippen molar-refractivity contribution >= 4 is 5.84 Å². The van der Waals surface area contributed by atoms with Gasteiger partial charge in [-0.3, -0.25) is 4.68 Å². The van der Waals surface area contributed by atoms with Crippen molar-refractivity contribution in [1.29, 1.82) is 0 Å². The SMILES string of the molecule is CCC(/C(N)=N/O)n1ccc(C)n1. The maximum atomic E-state index is 8.53. The Morgan fingerprint density at radius 2 is 2.54 bits per heavy atom. The minimum atomic E-state index is -0.154. The lowest BCUT2D eigenvalue weighted by Gasteiger charge is -2.13. The molecule has 0 amide bonds. The van der Waals surface area contributed by atoms with E-state index in [0.29, 0.717) is 0 Å². The average Bonchev–Trinajstić information content (AvgIpc) is 2.53. The van der Waals surface area contributed by atoms with E-state index >= 15 is 0 Å². The van der Waals surface area contributed by atoms with Crippen molar-refractivity contribution in [2.24, 2.45) is 10.9 Å². The largest absolute Gasteiger partial charge is 0.409 e. The standard InChI is InChI=1S/C8H14N4O/c1-3-7(8(9)11-13)12-5-4-6(2)10-12/h4-5,7,13H,3H2,1-2H3,(H2,9,11). The molecule has 0 fully saturated rings. The van der Waals surface area contributed by atoms with Crippen LogP contribution in [0.25, 0.3) is 0 Å². The number of nitrogens with zero attached hydrogens (tertiary/aromatic N) is 3. The van der Waals surface area contributed by atoms with Crippen molar-refractivity contribution in [3.05, 3.63) is 18.0 Å². The average molecular weight is 182 g/mol. The number of aromatic nitrogens is 2. The summed E-state index contributed by atoms with van der Waals surface area (Å²) in [6, 6.07) is 1.73. The summed E-state index contributed by atoms with van der Waals surface area (Å²) in [6.07, 6.45) is 2.57. The molecule has 3 N–H and O–H groups in total. The highest BCUT2D eigenvalue weighted by molar-refractivity contribution is 5.83. The predicted octanol–water partition coefficient (Wildman–Crippen LogP) is 0.889. The molecule has 0 aromatic carbocycles. The van der Waals surface area contributed by atoms with Crippen LogP contribution in [-0.2, 0) is 0 Å². The van der Waals surface area contributed by atoms with Crippen LogP contribution < -0.4 is 5.73 Å². The van der Waals surface area contributed by atoms with Gasteiger partial charge in [-0.1, -0.05) is 12.1 Å². The van der Waals surface area contributed by atoms with Crippen LogP contribution in [0.4, 0.5) is 0 Å². The van der Waals surface area contributed by atoms with E-state index in [4.69, 9.17) is 10.9 Å². The normalized spacial score (nSPS) is 14.5. The van der Waals surface area contributed by atoms with Crippen LogP contribution in [0.15, 0.2) is 17.4 Å². The second-order valence-corrected chi connectivity index (χ2v) is 2.89. The molecular weight excluding hydrogens is 168 g/mol. The topological polar surface area (TPSA) is 76.4 Å². The van der Waals surface area contributed by atoms with Gasteiger partial charge in [0.05, 0.1) is 5.69 Å². The van der Waals surface area contributed by atoms with Crippen LogP contribution in [0, 0.1) is 6.92 Å².